The summed E-state index contributed by atoms with van der Waals surface area (Å²) in [7, 11) is 0. The lowest BCUT2D eigenvalue weighted by Gasteiger charge is -2.13. The lowest BCUT2D eigenvalue weighted by atomic mass is 10.0. The maximum atomic E-state index is 13.1. The Balaban J connectivity index is 1.34. The topological polar surface area (TPSA) is 71.3 Å². The van der Waals surface area contributed by atoms with E-state index in [0.717, 1.165) is 21.9 Å². The normalized spacial score (nSPS) is 11.1. The number of amides is 1. The van der Waals surface area contributed by atoms with Gasteiger partial charge in [0.2, 0.25) is 0 Å². The van der Waals surface area contributed by atoms with Gasteiger partial charge in [0.15, 0.2) is 0 Å². The van der Waals surface area contributed by atoms with Crippen molar-refractivity contribution >= 4 is 40.0 Å². The molecule has 0 atom stereocenters. The zero-order valence-corrected chi connectivity index (χ0v) is 22.3. The first-order valence-corrected chi connectivity index (χ1v) is 13.1. The second-order valence-electron chi connectivity index (χ2n) is 9.04. The average molecular weight is 545 g/mol. The summed E-state index contributed by atoms with van der Waals surface area (Å²) in [6, 6.07) is 37.9. The lowest BCUT2D eigenvalue weighted by molar-refractivity contribution is -0.112. The van der Waals surface area contributed by atoms with E-state index in [1.54, 1.807) is 30.3 Å². The second-order valence-corrected chi connectivity index (χ2v) is 9.47. The summed E-state index contributed by atoms with van der Waals surface area (Å²) in [6.45, 7) is 0.754. The highest BCUT2D eigenvalue weighted by Crippen LogP contribution is 2.31. The van der Waals surface area contributed by atoms with Gasteiger partial charge in [-0.15, -0.1) is 0 Å². The highest BCUT2D eigenvalue weighted by molar-refractivity contribution is 6.30. The van der Waals surface area contributed by atoms with Crippen molar-refractivity contribution in [1.29, 1.82) is 5.26 Å². The van der Waals surface area contributed by atoms with Crippen LogP contribution in [0.25, 0.3) is 16.8 Å². The van der Waals surface area contributed by atoms with E-state index in [4.69, 9.17) is 21.1 Å². The number of ether oxygens (including phenoxy) is 2. The minimum atomic E-state index is -0.517. The van der Waals surface area contributed by atoms with Crippen molar-refractivity contribution in [2.75, 3.05) is 5.32 Å². The molecule has 6 heteroatoms. The fraction of sp³-hybridized carbons (Fsp3) is 0.0588. The molecule has 0 aliphatic rings. The molecule has 0 aromatic heterocycles. The number of nitrogens with zero attached hydrogens (tertiary/aromatic N) is 1. The van der Waals surface area contributed by atoms with Gasteiger partial charge < -0.3 is 14.8 Å². The first-order chi connectivity index (χ1) is 19.6. The fourth-order valence-corrected chi connectivity index (χ4v) is 4.28. The first-order valence-electron chi connectivity index (χ1n) is 12.7. The number of nitriles is 1. The third-order valence-corrected chi connectivity index (χ3v) is 6.50. The standard InChI is InChI=1S/C34H25ClN2O3/c35-28-13-10-25(11-14-28)23-40-33-19-12-26-8-4-5-9-31(26)32(33)20-27(21-36)34(38)37-29-15-17-30(18-16-29)39-22-24-6-2-1-3-7-24/h1-20H,22-23H2,(H,37,38)/b27-20+. The van der Waals surface area contributed by atoms with Crippen LogP contribution in [-0.4, -0.2) is 5.91 Å². The minimum Gasteiger partial charge on any atom is -0.489 e. The van der Waals surface area contributed by atoms with E-state index in [-0.39, 0.29) is 5.57 Å². The Morgan fingerprint density at radius 1 is 0.775 bits per heavy atom. The second kappa shape index (κ2) is 12.7. The van der Waals surface area contributed by atoms with Crippen molar-refractivity contribution in [3.05, 3.63) is 143 Å². The van der Waals surface area contributed by atoms with Crippen LogP contribution in [0.4, 0.5) is 5.69 Å². The van der Waals surface area contributed by atoms with Gasteiger partial charge in [0.1, 0.15) is 36.4 Å². The molecule has 0 fully saturated rings. The zero-order chi connectivity index (χ0) is 27.7. The van der Waals surface area contributed by atoms with E-state index in [1.807, 2.05) is 97.1 Å². The van der Waals surface area contributed by atoms with Gasteiger partial charge >= 0.3 is 0 Å². The zero-order valence-electron chi connectivity index (χ0n) is 21.5. The Hall–Kier alpha value is -5.05. The highest BCUT2D eigenvalue weighted by atomic mass is 35.5. The quantitative estimate of drug-likeness (QED) is 0.150. The minimum absolute atomic E-state index is 0.0444. The molecular weight excluding hydrogens is 520 g/mol. The van der Waals surface area contributed by atoms with Crippen molar-refractivity contribution in [1.82, 2.24) is 0 Å². The van der Waals surface area contributed by atoms with Crippen molar-refractivity contribution in [3.8, 4) is 17.6 Å². The summed E-state index contributed by atoms with van der Waals surface area (Å²) in [6.07, 6.45) is 1.58. The van der Waals surface area contributed by atoms with Crippen LogP contribution >= 0.6 is 11.6 Å². The summed E-state index contributed by atoms with van der Waals surface area (Å²) in [5, 5.41) is 15.2. The Kier molecular flexibility index (Phi) is 8.41. The van der Waals surface area contributed by atoms with E-state index in [0.29, 0.717) is 41.0 Å². The molecule has 40 heavy (non-hydrogen) atoms. The van der Waals surface area contributed by atoms with E-state index >= 15 is 0 Å². The fourth-order valence-electron chi connectivity index (χ4n) is 4.16. The number of benzene rings is 5. The molecule has 1 amide bonds. The van der Waals surface area contributed by atoms with Crippen LogP contribution in [0, 0.1) is 11.3 Å². The molecule has 0 unspecified atom stereocenters. The molecule has 0 saturated carbocycles. The predicted molar refractivity (Wildman–Crippen MR) is 159 cm³/mol. The van der Waals surface area contributed by atoms with E-state index in [1.165, 1.54) is 0 Å². The molecule has 0 heterocycles. The Morgan fingerprint density at radius 3 is 2.20 bits per heavy atom. The molecule has 0 spiro atoms. The van der Waals surface area contributed by atoms with E-state index in [2.05, 4.69) is 5.32 Å². The van der Waals surface area contributed by atoms with Gasteiger partial charge in [-0.2, -0.15) is 5.26 Å². The maximum Gasteiger partial charge on any atom is 0.266 e. The number of carbonyl (C=O) groups is 1. The molecule has 196 valence electrons. The third kappa shape index (κ3) is 6.68. The molecule has 0 saturated heterocycles. The summed E-state index contributed by atoms with van der Waals surface area (Å²) >= 11 is 6.00. The van der Waals surface area contributed by atoms with Gasteiger partial charge in [0.05, 0.1) is 0 Å². The number of hydrogen-bond acceptors (Lipinski definition) is 4. The van der Waals surface area contributed by atoms with Crippen molar-refractivity contribution in [2.24, 2.45) is 0 Å². The summed E-state index contributed by atoms with van der Waals surface area (Å²) in [5.41, 5.74) is 3.17. The molecule has 5 nitrogen and oxygen atoms in total. The molecule has 5 rings (SSSR count). The van der Waals surface area contributed by atoms with Crippen LogP contribution in [0.3, 0.4) is 0 Å². The van der Waals surface area contributed by atoms with Gasteiger partial charge in [0, 0.05) is 16.3 Å². The van der Waals surface area contributed by atoms with Gasteiger partial charge in [-0.25, -0.2) is 0 Å². The molecular formula is C34H25ClN2O3. The maximum absolute atomic E-state index is 13.1. The summed E-state index contributed by atoms with van der Waals surface area (Å²) in [5.74, 6) is 0.724. The van der Waals surface area contributed by atoms with Gasteiger partial charge in [0.25, 0.3) is 5.91 Å². The number of rotatable bonds is 9. The number of nitrogens with one attached hydrogen (secondary N) is 1. The Bertz CT molecular complexity index is 1690. The van der Waals surface area contributed by atoms with Crippen LogP contribution in [0.1, 0.15) is 16.7 Å². The van der Waals surface area contributed by atoms with E-state index in [9.17, 15) is 10.1 Å². The predicted octanol–water partition coefficient (Wildman–Crippen LogP) is 8.20. The Labute approximate surface area is 237 Å². The van der Waals surface area contributed by atoms with Crippen LogP contribution in [0.2, 0.25) is 5.02 Å². The van der Waals surface area contributed by atoms with E-state index < -0.39 is 5.91 Å². The summed E-state index contributed by atoms with van der Waals surface area (Å²) < 4.78 is 12.0. The highest BCUT2D eigenvalue weighted by Gasteiger charge is 2.14. The van der Waals surface area contributed by atoms with Crippen LogP contribution in [0.5, 0.6) is 11.5 Å². The number of halogens is 1. The molecule has 1 N–H and O–H groups in total. The number of carbonyl (C=O) groups excluding carboxylic acids is 1. The summed E-state index contributed by atoms with van der Waals surface area (Å²) in [4.78, 5) is 13.1. The van der Waals surface area contributed by atoms with Gasteiger partial charge in [-0.05, 0) is 70.4 Å². The van der Waals surface area contributed by atoms with Gasteiger partial charge in [-0.1, -0.05) is 84.4 Å². The number of hydrogen-bond donors (Lipinski definition) is 1. The molecule has 0 bridgehead atoms. The van der Waals surface area contributed by atoms with Crippen LogP contribution in [-0.2, 0) is 18.0 Å². The van der Waals surface area contributed by atoms with Crippen LogP contribution in [0.15, 0.2) is 121 Å². The molecule has 5 aromatic carbocycles. The SMILES string of the molecule is N#C/C(=C\c1c(OCc2ccc(Cl)cc2)ccc2ccccc12)C(=O)Nc1ccc(OCc2ccccc2)cc1. The number of anilines is 1. The molecule has 5 aromatic rings. The smallest absolute Gasteiger partial charge is 0.266 e. The average Bonchev–Trinajstić information content (AvgIpc) is 3.00. The molecule has 0 aliphatic heterocycles. The first kappa shape index (κ1) is 26.6. The van der Waals surface area contributed by atoms with Crippen molar-refractivity contribution in [3.63, 3.8) is 0 Å². The Morgan fingerprint density at radius 2 is 1.45 bits per heavy atom. The van der Waals surface area contributed by atoms with Gasteiger partial charge in [-0.3, -0.25) is 4.79 Å². The molecule has 0 aliphatic carbocycles. The van der Waals surface area contributed by atoms with Crippen molar-refractivity contribution < 1.29 is 14.3 Å². The lowest BCUT2D eigenvalue weighted by Crippen LogP contribution is -2.13. The van der Waals surface area contributed by atoms with Crippen LogP contribution < -0.4 is 14.8 Å². The van der Waals surface area contributed by atoms with Crippen molar-refractivity contribution in [2.45, 2.75) is 13.2 Å². The largest absolute Gasteiger partial charge is 0.489 e. The third-order valence-electron chi connectivity index (χ3n) is 6.25. The number of fused-ring (bicyclic) bond motifs is 1. The monoisotopic (exact) mass is 544 g/mol. The molecule has 0 radical (unpaired) electrons.